The molecule has 1 heterocycles. The first-order valence-electron chi connectivity index (χ1n) is 18.5. The van der Waals surface area contributed by atoms with E-state index in [2.05, 4.69) is 205 Å². The van der Waals surface area contributed by atoms with Crippen molar-refractivity contribution in [2.24, 2.45) is 0 Å². The van der Waals surface area contributed by atoms with E-state index in [9.17, 15) is 0 Å². The number of hydrogen-bond donors (Lipinski definition) is 0. The van der Waals surface area contributed by atoms with Crippen molar-refractivity contribution in [1.82, 2.24) is 0 Å². The fourth-order valence-corrected chi connectivity index (χ4v) is 9.46. The van der Waals surface area contributed by atoms with Crippen LogP contribution in [0.2, 0.25) is 0 Å². The molecule has 0 bridgehead atoms. The molecule has 11 aromatic rings. The maximum Gasteiger partial charge on any atom is 0.0476 e. The summed E-state index contributed by atoms with van der Waals surface area (Å²) in [6.45, 7) is 0. The highest BCUT2D eigenvalue weighted by atomic mass is 32.1. The second kappa shape index (κ2) is 12.4. The molecule has 0 fully saturated rings. The van der Waals surface area contributed by atoms with Crippen molar-refractivity contribution < 1.29 is 0 Å². The topological polar surface area (TPSA) is 3.24 Å². The first-order valence-corrected chi connectivity index (χ1v) is 19.3. The Morgan fingerprint density at radius 3 is 1.56 bits per heavy atom. The van der Waals surface area contributed by atoms with Gasteiger partial charge in [0.1, 0.15) is 0 Å². The van der Waals surface area contributed by atoms with Crippen LogP contribution in [0.15, 0.2) is 200 Å². The first-order chi connectivity index (χ1) is 26.7. The Balaban J connectivity index is 1.01. The minimum Gasteiger partial charge on any atom is -0.310 e. The lowest BCUT2D eigenvalue weighted by Crippen LogP contribution is -2.09. The molecule has 0 atom stereocenters. The number of thiophene rings is 1. The van der Waals surface area contributed by atoms with E-state index >= 15 is 0 Å². The number of hydrogen-bond acceptors (Lipinski definition) is 2. The van der Waals surface area contributed by atoms with Gasteiger partial charge in [-0.25, -0.2) is 0 Å². The van der Waals surface area contributed by atoms with Gasteiger partial charge in [0.05, 0.1) is 0 Å². The highest BCUT2D eigenvalue weighted by Gasteiger charge is 2.16. The Morgan fingerprint density at radius 1 is 0.278 bits per heavy atom. The Morgan fingerprint density at radius 2 is 0.796 bits per heavy atom. The van der Waals surface area contributed by atoms with Crippen LogP contribution in [0.3, 0.4) is 0 Å². The monoisotopic (exact) mass is 703 g/mol. The van der Waals surface area contributed by atoms with E-state index in [1.807, 2.05) is 11.3 Å². The quantitative estimate of drug-likeness (QED) is 0.161. The molecular formula is C52H33NS. The molecule has 0 saturated heterocycles. The second-order valence-corrected chi connectivity index (χ2v) is 15.2. The summed E-state index contributed by atoms with van der Waals surface area (Å²) >= 11 is 1.87. The maximum absolute atomic E-state index is 2.39. The number of fused-ring (bicyclic) bond motifs is 9. The standard InChI is InChI=1S/C52H33NS/c1-2-8-34(9-3-1)35-18-23-43(24-19-35)53(45-27-29-48-49-31-39-11-4-5-12-40(39)32-50(49)54-51(48)33-45)44-25-20-36(21-26-44)41-22-28-47-42(30-41)17-16-38-15-14-37-10-6-7-13-46(37)52(38)47/h1-33H. The highest BCUT2D eigenvalue weighted by Crippen LogP contribution is 2.43. The van der Waals surface area contributed by atoms with Gasteiger partial charge < -0.3 is 4.90 Å². The van der Waals surface area contributed by atoms with Crippen molar-refractivity contribution in [3.63, 3.8) is 0 Å². The summed E-state index contributed by atoms with van der Waals surface area (Å²) in [5.41, 5.74) is 8.23. The molecule has 0 aliphatic rings. The molecule has 0 spiro atoms. The van der Waals surface area contributed by atoms with Crippen LogP contribution in [0.4, 0.5) is 17.1 Å². The van der Waals surface area contributed by atoms with E-state index in [0.717, 1.165) is 17.1 Å². The number of benzene rings is 10. The van der Waals surface area contributed by atoms with Crippen LogP contribution in [-0.2, 0) is 0 Å². The van der Waals surface area contributed by atoms with Gasteiger partial charge in [0.2, 0.25) is 0 Å². The highest BCUT2D eigenvalue weighted by molar-refractivity contribution is 7.25. The van der Waals surface area contributed by atoms with Crippen LogP contribution < -0.4 is 4.90 Å². The van der Waals surface area contributed by atoms with Crippen molar-refractivity contribution in [1.29, 1.82) is 0 Å². The Kier molecular flexibility index (Phi) is 7.11. The van der Waals surface area contributed by atoms with Crippen LogP contribution in [0.25, 0.3) is 85.5 Å². The zero-order valence-corrected chi connectivity index (χ0v) is 30.2. The molecule has 1 nitrogen and oxygen atoms in total. The summed E-state index contributed by atoms with van der Waals surface area (Å²) in [6.07, 6.45) is 0. The van der Waals surface area contributed by atoms with Crippen molar-refractivity contribution in [2.45, 2.75) is 0 Å². The Hall–Kier alpha value is -6.74. The first kappa shape index (κ1) is 30.8. The average Bonchev–Trinajstić information content (AvgIpc) is 3.59. The maximum atomic E-state index is 2.39. The van der Waals surface area contributed by atoms with E-state index in [0.29, 0.717) is 0 Å². The van der Waals surface area contributed by atoms with Crippen LogP contribution in [0.1, 0.15) is 0 Å². The summed E-state index contributed by atoms with van der Waals surface area (Å²) in [6, 6.07) is 73.5. The van der Waals surface area contributed by atoms with Crippen LogP contribution in [0, 0.1) is 0 Å². The third kappa shape index (κ3) is 5.15. The molecule has 54 heavy (non-hydrogen) atoms. The van der Waals surface area contributed by atoms with Crippen molar-refractivity contribution >= 4 is 91.7 Å². The average molecular weight is 704 g/mol. The molecule has 11 rings (SSSR count). The lowest BCUT2D eigenvalue weighted by molar-refractivity contribution is 1.29. The normalized spacial score (nSPS) is 11.7. The van der Waals surface area contributed by atoms with E-state index in [1.54, 1.807) is 0 Å². The Bertz CT molecular complexity index is 3190. The van der Waals surface area contributed by atoms with Crippen LogP contribution >= 0.6 is 11.3 Å². The molecule has 252 valence electrons. The van der Waals surface area contributed by atoms with Gasteiger partial charge in [0, 0.05) is 37.2 Å². The third-order valence-electron chi connectivity index (χ3n) is 11.0. The molecule has 0 radical (unpaired) electrons. The molecule has 0 N–H and O–H groups in total. The molecule has 0 aliphatic carbocycles. The van der Waals surface area contributed by atoms with Gasteiger partial charge in [-0.2, -0.15) is 0 Å². The predicted molar refractivity (Wildman–Crippen MR) is 235 cm³/mol. The fraction of sp³-hybridized carbons (Fsp3) is 0. The van der Waals surface area contributed by atoms with Gasteiger partial charge in [-0.1, -0.05) is 146 Å². The van der Waals surface area contributed by atoms with Crippen molar-refractivity contribution in [3.8, 4) is 22.3 Å². The molecule has 0 amide bonds. The summed E-state index contributed by atoms with van der Waals surface area (Å²) in [7, 11) is 0. The molecule has 0 unspecified atom stereocenters. The lowest BCUT2D eigenvalue weighted by atomic mass is 9.94. The van der Waals surface area contributed by atoms with Crippen LogP contribution in [-0.4, -0.2) is 0 Å². The molecule has 2 heteroatoms. The van der Waals surface area contributed by atoms with Gasteiger partial charge >= 0.3 is 0 Å². The van der Waals surface area contributed by atoms with E-state index in [4.69, 9.17) is 0 Å². The molecule has 0 aliphatic heterocycles. The second-order valence-electron chi connectivity index (χ2n) is 14.2. The van der Waals surface area contributed by atoms with Crippen LogP contribution in [0.5, 0.6) is 0 Å². The van der Waals surface area contributed by atoms with Crippen molar-refractivity contribution in [3.05, 3.63) is 200 Å². The zero-order chi connectivity index (χ0) is 35.6. The zero-order valence-electron chi connectivity index (χ0n) is 29.4. The van der Waals surface area contributed by atoms with E-state index in [1.165, 1.54) is 85.5 Å². The Labute approximate surface area is 317 Å². The van der Waals surface area contributed by atoms with E-state index < -0.39 is 0 Å². The molecule has 1 aromatic heterocycles. The molecular weight excluding hydrogens is 671 g/mol. The molecule has 0 saturated carbocycles. The fourth-order valence-electron chi connectivity index (χ4n) is 8.29. The van der Waals surface area contributed by atoms with E-state index in [-0.39, 0.29) is 0 Å². The predicted octanol–water partition coefficient (Wildman–Crippen LogP) is 15.5. The van der Waals surface area contributed by atoms with Crippen molar-refractivity contribution in [2.75, 3.05) is 4.90 Å². The van der Waals surface area contributed by atoms with Gasteiger partial charge in [-0.3, -0.25) is 0 Å². The number of rotatable bonds is 5. The largest absolute Gasteiger partial charge is 0.310 e. The smallest absolute Gasteiger partial charge is 0.0476 e. The third-order valence-corrected chi connectivity index (χ3v) is 12.1. The minimum absolute atomic E-state index is 1.12. The molecule has 10 aromatic carbocycles. The van der Waals surface area contributed by atoms with Gasteiger partial charge in [-0.15, -0.1) is 11.3 Å². The minimum atomic E-state index is 1.12. The van der Waals surface area contributed by atoms with Gasteiger partial charge in [-0.05, 0) is 120 Å². The number of nitrogens with zero attached hydrogens (tertiary/aromatic N) is 1. The summed E-state index contributed by atoms with van der Waals surface area (Å²) in [5, 5.41) is 12.9. The lowest BCUT2D eigenvalue weighted by Gasteiger charge is -2.26. The summed E-state index contributed by atoms with van der Waals surface area (Å²) in [5.74, 6) is 0. The van der Waals surface area contributed by atoms with Gasteiger partial charge in [0.15, 0.2) is 0 Å². The summed E-state index contributed by atoms with van der Waals surface area (Å²) in [4.78, 5) is 2.39. The SMILES string of the molecule is c1ccc(-c2ccc(N(c3ccc(-c4ccc5c(ccc6ccc7ccccc7c65)c4)cc3)c3ccc4c(c3)sc3cc5ccccc5cc34)cc2)cc1. The summed E-state index contributed by atoms with van der Waals surface area (Å²) < 4.78 is 2.61. The van der Waals surface area contributed by atoms with Gasteiger partial charge in [0.25, 0.3) is 0 Å². The number of anilines is 3.